The number of aromatic nitrogens is 1. The number of imide groups is 2. The molecule has 26 heavy (non-hydrogen) atoms. The average molecular weight is 372 g/mol. The lowest BCUT2D eigenvalue weighted by Crippen LogP contribution is -2.54. The van der Waals surface area contributed by atoms with Crippen LogP contribution in [0.1, 0.15) is 23.9 Å². The second-order valence-electron chi connectivity index (χ2n) is 6.01. The molecule has 0 radical (unpaired) electrons. The van der Waals surface area contributed by atoms with Crippen LogP contribution < -0.4 is 10.2 Å². The van der Waals surface area contributed by atoms with Gasteiger partial charge in [0, 0.05) is 23.0 Å². The van der Waals surface area contributed by atoms with Crippen molar-refractivity contribution in [1.82, 2.24) is 9.88 Å². The van der Waals surface area contributed by atoms with Crippen molar-refractivity contribution in [3.63, 3.8) is 0 Å². The fourth-order valence-electron chi connectivity index (χ4n) is 3.12. The van der Waals surface area contributed by atoms with Gasteiger partial charge >= 0.3 is 6.03 Å². The van der Waals surface area contributed by atoms with Crippen molar-refractivity contribution in [1.29, 1.82) is 0 Å². The Morgan fingerprint density at radius 3 is 2.50 bits per heavy atom. The Morgan fingerprint density at radius 1 is 1.15 bits per heavy atom. The number of amides is 4. The fourth-order valence-corrected chi connectivity index (χ4v) is 3.31. The second-order valence-corrected chi connectivity index (χ2v) is 6.44. The van der Waals surface area contributed by atoms with Gasteiger partial charge in [-0.15, -0.1) is 0 Å². The van der Waals surface area contributed by atoms with E-state index in [0.29, 0.717) is 10.7 Å². The molecule has 0 aliphatic carbocycles. The van der Waals surface area contributed by atoms with Crippen LogP contribution in [0.4, 0.5) is 10.5 Å². The molecule has 0 atom stereocenters. The molecular weight excluding hydrogens is 354 g/mol. The minimum absolute atomic E-state index is 0.0964. The number of carbonyl (C=O) groups is 3. The molecule has 1 saturated heterocycles. The summed E-state index contributed by atoms with van der Waals surface area (Å²) in [7, 11) is 0. The van der Waals surface area contributed by atoms with Crippen LogP contribution in [-0.4, -0.2) is 22.4 Å². The van der Waals surface area contributed by atoms with E-state index in [1.807, 2.05) is 26.8 Å². The lowest BCUT2D eigenvalue weighted by Gasteiger charge is -2.26. The third-order valence-corrected chi connectivity index (χ3v) is 4.63. The minimum Gasteiger partial charge on any atom is -0.349 e. The summed E-state index contributed by atoms with van der Waals surface area (Å²) in [4.78, 5) is 38.2. The fraction of sp³-hybridized carbons (Fsp3) is 0.211. The minimum atomic E-state index is -0.793. The largest absolute Gasteiger partial charge is 0.349 e. The van der Waals surface area contributed by atoms with E-state index in [1.54, 1.807) is 18.2 Å². The number of benzene rings is 1. The lowest BCUT2D eigenvalue weighted by molar-refractivity contribution is -0.122. The Kier molecular flexibility index (Phi) is 4.70. The monoisotopic (exact) mass is 371 g/mol. The molecule has 1 N–H and O–H groups in total. The third-order valence-electron chi connectivity index (χ3n) is 4.40. The third kappa shape index (κ3) is 3.04. The van der Waals surface area contributed by atoms with Crippen LogP contribution in [-0.2, 0) is 16.1 Å². The summed E-state index contributed by atoms with van der Waals surface area (Å²) in [6, 6.07) is 7.46. The van der Waals surface area contributed by atoms with Gasteiger partial charge in [-0.05, 0) is 56.7 Å². The molecule has 1 aliphatic heterocycles. The average Bonchev–Trinajstić information content (AvgIpc) is 2.84. The van der Waals surface area contributed by atoms with E-state index in [1.165, 1.54) is 12.1 Å². The SMILES string of the molecule is CCn1c(C)cc(/C=C2/C(=O)NC(=O)N(c3cccc(Cl)c3)C2=O)c1C. The van der Waals surface area contributed by atoms with Crippen LogP contribution in [0, 0.1) is 13.8 Å². The smallest absolute Gasteiger partial charge is 0.335 e. The van der Waals surface area contributed by atoms with Crippen LogP contribution in [0.25, 0.3) is 6.08 Å². The highest BCUT2D eigenvalue weighted by atomic mass is 35.5. The molecule has 3 rings (SSSR count). The summed E-state index contributed by atoms with van der Waals surface area (Å²) in [6.07, 6.45) is 1.52. The molecule has 2 heterocycles. The van der Waals surface area contributed by atoms with Gasteiger partial charge in [-0.25, -0.2) is 9.69 Å². The maximum Gasteiger partial charge on any atom is 0.335 e. The quantitative estimate of drug-likeness (QED) is 0.663. The van der Waals surface area contributed by atoms with Crippen molar-refractivity contribution in [2.24, 2.45) is 0 Å². The van der Waals surface area contributed by atoms with E-state index in [-0.39, 0.29) is 5.57 Å². The number of rotatable bonds is 3. The molecule has 4 amide bonds. The Morgan fingerprint density at radius 2 is 1.88 bits per heavy atom. The Bertz CT molecular complexity index is 959. The number of carbonyl (C=O) groups excluding carboxylic acids is 3. The number of nitrogens with zero attached hydrogens (tertiary/aromatic N) is 2. The van der Waals surface area contributed by atoms with Gasteiger partial charge in [0.25, 0.3) is 11.8 Å². The molecule has 7 heteroatoms. The molecule has 0 saturated carbocycles. The summed E-state index contributed by atoms with van der Waals surface area (Å²) in [5.41, 5.74) is 2.95. The van der Waals surface area contributed by atoms with Gasteiger partial charge in [0.05, 0.1) is 5.69 Å². The van der Waals surface area contributed by atoms with E-state index in [4.69, 9.17) is 11.6 Å². The molecule has 2 aromatic rings. The Labute approximate surface area is 156 Å². The summed E-state index contributed by atoms with van der Waals surface area (Å²) in [5, 5.41) is 2.60. The van der Waals surface area contributed by atoms with Crippen molar-refractivity contribution in [3.05, 3.63) is 57.9 Å². The van der Waals surface area contributed by atoms with Crippen molar-refractivity contribution in [2.45, 2.75) is 27.3 Å². The normalized spacial score (nSPS) is 16.4. The molecule has 0 unspecified atom stereocenters. The topological polar surface area (TPSA) is 71.4 Å². The van der Waals surface area contributed by atoms with E-state index in [2.05, 4.69) is 9.88 Å². The molecule has 6 nitrogen and oxygen atoms in total. The maximum atomic E-state index is 12.9. The van der Waals surface area contributed by atoms with Gasteiger partial charge in [0.1, 0.15) is 5.57 Å². The van der Waals surface area contributed by atoms with Gasteiger partial charge in [0.2, 0.25) is 0 Å². The van der Waals surface area contributed by atoms with Crippen LogP contribution in [0.3, 0.4) is 0 Å². The first-order chi connectivity index (χ1) is 12.3. The molecule has 1 aromatic carbocycles. The summed E-state index contributed by atoms with van der Waals surface area (Å²) >= 11 is 5.96. The molecule has 1 fully saturated rings. The van der Waals surface area contributed by atoms with Gasteiger partial charge in [-0.3, -0.25) is 14.9 Å². The molecule has 1 aliphatic rings. The van der Waals surface area contributed by atoms with Gasteiger partial charge in [-0.1, -0.05) is 17.7 Å². The molecule has 0 spiro atoms. The first kappa shape index (κ1) is 17.9. The Hall–Kier alpha value is -2.86. The lowest BCUT2D eigenvalue weighted by atomic mass is 10.1. The van der Waals surface area contributed by atoms with Crippen molar-refractivity contribution in [2.75, 3.05) is 4.90 Å². The molecular formula is C19H18ClN3O3. The molecule has 134 valence electrons. The number of hydrogen-bond acceptors (Lipinski definition) is 3. The summed E-state index contributed by atoms with van der Waals surface area (Å²) < 4.78 is 2.08. The zero-order valence-corrected chi connectivity index (χ0v) is 15.4. The van der Waals surface area contributed by atoms with Gasteiger partial charge < -0.3 is 4.57 Å². The number of barbiturate groups is 1. The number of hydrogen-bond donors (Lipinski definition) is 1. The van der Waals surface area contributed by atoms with Crippen molar-refractivity contribution in [3.8, 4) is 0 Å². The van der Waals surface area contributed by atoms with Crippen molar-refractivity contribution >= 4 is 41.2 Å². The maximum absolute atomic E-state index is 12.9. The standard InChI is InChI=1S/C19H18ClN3O3/c1-4-22-11(2)8-13(12(22)3)9-16-17(24)21-19(26)23(18(16)25)15-7-5-6-14(20)10-15/h5-10H,4H2,1-3H3,(H,21,24,26)/b16-9-. The van der Waals surface area contributed by atoms with Crippen LogP contribution in [0.15, 0.2) is 35.9 Å². The highest BCUT2D eigenvalue weighted by Gasteiger charge is 2.37. The first-order valence-corrected chi connectivity index (χ1v) is 8.55. The van der Waals surface area contributed by atoms with Crippen LogP contribution in [0.2, 0.25) is 5.02 Å². The van der Waals surface area contributed by atoms with Crippen molar-refractivity contribution < 1.29 is 14.4 Å². The Balaban J connectivity index is 2.06. The van der Waals surface area contributed by atoms with Crippen LogP contribution in [0.5, 0.6) is 0 Å². The highest BCUT2D eigenvalue weighted by Crippen LogP contribution is 2.25. The molecule has 1 aromatic heterocycles. The van der Waals surface area contributed by atoms with E-state index in [0.717, 1.165) is 28.4 Å². The second kappa shape index (κ2) is 6.80. The predicted molar refractivity (Wildman–Crippen MR) is 100 cm³/mol. The zero-order chi connectivity index (χ0) is 19.0. The van der Waals surface area contributed by atoms with E-state index < -0.39 is 17.8 Å². The predicted octanol–water partition coefficient (Wildman–Crippen LogP) is 3.44. The number of halogens is 1. The van der Waals surface area contributed by atoms with Gasteiger partial charge in [-0.2, -0.15) is 0 Å². The first-order valence-electron chi connectivity index (χ1n) is 8.17. The van der Waals surface area contributed by atoms with E-state index >= 15 is 0 Å². The summed E-state index contributed by atoms with van der Waals surface area (Å²) in [5.74, 6) is -1.39. The summed E-state index contributed by atoms with van der Waals surface area (Å²) in [6.45, 7) is 6.69. The number of aryl methyl sites for hydroxylation is 1. The van der Waals surface area contributed by atoms with Crippen LogP contribution >= 0.6 is 11.6 Å². The van der Waals surface area contributed by atoms with E-state index in [9.17, 15) is 14.4 Å². The highest BCUT2D eigenvalue weighted by molar-refractivity contribution is 6.39. The number of urea groups is 1. The molecule has 0 bridgehead atoms. The number of anilines is 1. The zero-order valence-electron chi connectivity index (χ0n) is 14.7. The number of nitrogens with one attached hydrogen (secondary N) is 1. The van der Waals surface area contributed by atoms with Gasteiger partial charge in [0.15, 0.2) is 0 Å².